The van der Waals surface area contributed by atoms with Crippen molar-refractivity contribution in [3.05, 3.63) is 0 Å². The number of rotatable bonds is 7. The van der Waals surface area contributed by atoms with Gasteiger partial charge >= 0.3 is 5.97 Å². The Balaban J connectivity index is 4.66. The predicted octanol–water partition coefficient (Wildman–Crippen LogP) is 1.37. The van der Waals surface area contributed by atoms with Gasteiger partial charge in [-0.2, -0.15) is 0 Å². The van der Waals surface area contributed by atoms with Crippen LogP contribution in [0.15, 0.2) is 0 Å². The number of carboxylic acid groups (broad SMARTS) is 1. The summed E-state index contributed by atoms with van der Waals surface area (Å²) in [5.41, 5.74) is 5.28. The molecule has 0 saturated heterocycles. The number of carboxylic acids is 1. The first-order chi connectivity index (χ1) is 8.22. The van der Waals surface area contributed by atoms with Gasteiger partial charge in [-0.15, -0.1) is 0 Å². The minimum absolute atomic E-state index is 0.0708. The molecule has 0 aliphatic heterocycles. The van der Waals surface area contributed by atoms with E-state index in [1.807, 2.05) is 27.7 Å². The highest BCUT2D eigenvalue weighted by atomic mass is 16.4. The summed E-state index contributed by atoms with van der Waals surface area (Å²) in [5, 5.41) is 11.7. The van der Waals surface area contributed by atoms with E-state index in [2.05, 4.69) is 5.32 Å². The van der Waals surface area contributed by atoms with E-state index in [-0.39, 0.29) is 29.7 Å². The van der Waals surface area contributed by atoms with Crippen molar-refractivity contribution in [2.45, 2.75) is 53.0 Å². The molecule has 0 aromatic rings. The molecule has 0 aliphatic carbocycles. The van der Waals surface area contributed by atoms with Crippen molar-refractivity contribution >= 4 is 11.9 Å². The quantitative estimate of drug-likeness (QED) is 0.643. The van der Waals surface area contributed by atoms with Crippen LogP contribution in [0.2, 0.25) is 0 Å². The molecule has 0 aromatic carbocycles. The maximum atomic E-state index is 12.0. The first kappa shape index (κ1) is 16.9. The van der Waals surface area contributed by atoms with E-state index in [4.69, 9.17) is 10.8 Å². The maximum Gasteiger partial charge on any atom is 0.305 e. The van der Waals surface area contributed by atoms with Crippen LogP contribution in [0.4, 0.5) is 0 Å². The van der Waals surface area contributed by atoms with Gasteiger partial charge in [-0.3, -0.25) is 9.59 Å². The van der Waals surface area contributed by atoms with Gasteiger partial charge in [0.15, 0.2) is 0 Å². The second-order valence-electron chi connectivity index (χ2n) is 5.75. The molecule has 2 atom stereocenters. The van der Waals surface area contributed by atoms with Gasteiger partial charge in [0.1, 0.15) is 0 Å². The second-order valence-corrected chi connectivity index (χ2v) is 5.75. The van der Waals surface area contributed by atoms with Crippen molar-refractivity contribution in [3.63, 3.8) is 0 Å². The summed E-state index contributed by atoms with van der Waals surface area (Å²) < 4.78 is 0. The zero-order valence-corrected chi connectivity index (χ0v) is 11.8. The Hall–Kier alpha value is -1.10. The number of carbonyl (C=O) groups is 2. The van der Waals surface area contributed by atoms with Gasteiger partial charge in [0.2, 0.25) is 5.91 Å². The fraction of sp³-hybridized carbons (Fsp3) is 0.846. The molecule has 0 radical (unpaired) electrons. The zero-order chi connectivity index (χ0) is 14.3. The van der Waals surface area contributed by atoms with E-state index >= 15 is 0 Å². The topological polar surface area (TPSA) is 92.4 Å². The van der Waals surface area contributed by atoms with Gasteiger partial charge < -0.3 is 16.2 Å². The molecule has 2 unspecified atom stereocenters. The molecular weight excluding hydrogens is 232 g/mol. The minimum atomic E-state index is -0.907. The first-order valence-electron chi connectivity index (χ1n) is 6.44. The lowest BCUT2D eigenvalue weighted by Crippen LogP contribution is -2.48. The average molecular weight is 258 g/mol. The van der Waals surface area contributed by atoms with E-state index in [0.29, 0.717) is 6.54 Å². The van der Waals surface area contributed by atoms with Crippen molar-refractivity contribution in [2.24, 2.45) is 17.1 Å². The Morgan fingerprint density at radius 3 is 2.22 bits per heavy atom. The van der Waals surface area contributed by atoms with Crippen molar-refractivity contribution in [2.75, 3.05) is 6.54 Å². The number of nitrogens with one attached hydrogen (secondary N) is 1. The number of carbonyl (C=O) groups excluding carboxylic acids is 1. The molecule has 0 aromatic heterocycles. The van der Waals surface area contributed by atoms with Gasteiger partial charge in [0.05, 0.1) is 12.3 Å². The Kier molecular flexibility index (Phi) is 6.91. The second kappa shape index (κ2) is 7.36. The van der Waals surface area contributed by atoms with Crippen molar-refractivity contribution in [1.82, 2.24) is 5.32 Å². The molecule has 106 valence electrons. The summed E-state index contributed by atoms with van der Waals surface area (Å²) in [5.74, 6) is -1.27. The summed E-state index contributed by atoms with van der Waals surface area (Å²) >= 11 is 0. The first-order valence-corrected chi connectivity index (χ1v) is 6.44. The number of hydrogen-bond acceptors (Lipinski definition) is 3. The van der Waals surface area contributed by atoms with Gasteiger partial charge in [-0.05, 0) is 11.8 Å². The molecule has 18 heavy (non-hydrogen) atoms. The van der Waals surface area contributed by atoms with E-state index in [0.717, 1.165) is 12.8 Å². The summed E-state index contributed by atoms with van der Waals surface area (Å²) in [4.78, 5) is 22.8. The van der Waals surface area contributed by atoms with Gasteiger partial charge in [-0.25, -0.2) is 0 Å². The molecule has 0 fully saturated rings. The normalized spacial score (nSPS) is 14.9. The predicted molar refractivity (Wildman–Crippen MR) is 71.1 cm³/mol. The zero-order valence-electron chi connectivity index (χ0n) is 11.8. The minimum Gasteiger partial charge on any atom is -0.481 e. The molecule has 0 rings (SSSR count). The van der Waals surface area contributed by atoms with Crippen LogP contribution in [-0.2, 0) is 9.59 Å². The van der Waals surface area contributed by atoms with Crippen LogP contribution in [0.5, 0.6) is 0 Å². The molecule has 0 bridgehead atoms. The van der Waals surface area contributed by atoms with E-state index in [1.165, 1.54) is 0 Å². The van der Waals surface area contributed by atoms with Crippen LogP contribution in [-0.4, -0.2) is 29.6 Å². The van der Waals surface area contributed by atoms with Crippen LogP contribution >= 0.6 is 0 Å². The summed E-state index contributed by atoms with van der Waals surface area (Å²) in [7, 11) is 0. The fourth-order valence-corrected chi connectivity index (χ4v) is 1.74. The number of nitrogens with two attached hydrogens (primary N) is 1. The van der Waals surface area contributed by atoms with Crippen LogP contribution in [0.3, 0.4) is 0 Å². The standard InChI is InChI=1S/C13H26N2O3/c1-5-6-9(8-14)12(18)15-10(7-11(16)17)13(2,3)4/h9-10H,5-8,14H2,1-4H3,(H,15,18)(H,16,17). The van der Waals surface area contributed by atoms with E-state index in [1.54, 1.807) is 0 Å². The summed E-state index contributed by atoms with van der Waals surface area (Å²) in [6.07, 6.45) is 1.54. The highest BCUT2D eigenvalue weighted by molar-refractivity contribution is 5.80. The number of hydrogen-bond donors (Lipinski definition) is 3. The Bertz CT molecular complexity index is 284. The molecular formula is C13H26N2O3. The van der Waals surface area contributed by atoms with Crippen LogP contribution in [0.1, 0.15) is 47.0 Å². The molecule has 5 heteroatoms. The third kappa shape index (κ3) is 6.00. The SMILES string of the molecule is CCCC(CN)C(=O)NC(CC(=O)O)C(C)(C)C. The van der Waals surface area contributed by atoms with Crippen molar-refractivity contribution in [1.29, 1.82) is 0 Å². The molecule has 4 N–H and O–H groups in total. The highest BCUT2D eigenvalue weighted by Gasteiger charge is 2.30. The monoisotopic (exact) mass is 258 g/mol. The smallest absolute Gasteiger partial charge is 0.305 e. The molecule has 5 nitrogen and oxygen atoms in total. The Labute approximate surface area is 109 Å². The van der Waals surface area contributed by atoms with Crippen molar-refractivity contribution in [3.8, 4) is 0 Å². The Morgan fingerprint density at radius 1 is 1.33 bits per heavy atom. The molecule has 1 amide bonds. The summed E-state index contributed by atoms with van der Waals surface area (Å²) in [6.45, 7) is 8.03. The van der Waals surface area contributed by atoms with Gasteiger partial charge in [0.25, 0.3) is 0 Å². The van der Waals surface area contributed by atoms with E-state index in [9.17, 15) is 9.59 Å². The lowest BCUT2D eigenvalue weighted by Gasteiger charge is -2.31. The molecule has 0 heterocycles. The largest absolute Gasteiger partial charge is 0.481 e. The average Bonchev–Trinajstić information content (AvgIpc) is 2.22. The molecule has 0 saturated carbocycles. The number of amides is 1. The third-order valence-corrected chi connectivity index (χ3v) is 3.03. The molecule has 0 spiro atoms. The molecule has 0 aliphatic rings. The fourth-order valence-electron chi connectivity index (χ4n) is 1.74. The van der Waals surface area contributed by atoms with Crippen LogP contribution in [0, 0.1) is 11.3 Å². The van der Waals surface area contributed by atoms with E-state index < -0.39 is 5.97 Å². The van der Waals surface area contributed by atoms with Gasteiger partial charge in [0, 0.05) is 12.6 Å². The van der Waals surface area contributed by atoms with Crippen LogP contribution in [0.25, 0.3) is 0 Å². The number of aliphatic carboxylic acids is 1. The van der Waals surface area contributed by atoms with Crippen molar-refractivity contribution < 1.29 is 14.7 Å². The highest BCUT2D eigenvalue weighted by Crippen LogP contribution is 2.22. The summed E-state index contributed by atoms with van der Waals surface area (Å²) in [6, 6.07) is -0.381. The lowest BCUT2D eigenvalue weighted by molar-refractivity contribution is -0.138. The third-order valence-electron chi connectivity index (χ3n) is 3.03. The lowest BCUT2D eigenvalue weighted by atomic mass is 9.84. The van der Waals surface area contributed by atoms with Gasteiger partial charge in [-0.1, -0.05) is 34.1 Å². The Morgan fingerprint density at radius 2 is 1.89 bits per heavy atom. The maximum absolute atomic E-state index is 12.0. The van der Waals surface area contributed by atoms with Crippen LogP contribution < -0.4 is 11.1 Å².